The molecule has 1 amide bonds. The maximum absolute atomic E-state index is 11.6. The smallest absolute Gasteiger partial charge is 0.251 e. The van der Waals surface area contributed by atoms with E-state index in [1.807, 2.05) is 16.8 Å². The first kappa shape index (κ1) is 10.6. The Morgan fingerprint density at radius 1 is 1.44 bits per heavy atom. The maximum Gasteiger partial charge on any atom is 0.251 e. The monoisotopic (exact) mass is 234 g/mol. The second kappa shape index (κ2) is 4.76. The maximum atomic E-state index is 11.6. The molecule has 82 valence electrons. The van der Waals surface area contributed by atoms with Crippen LogP contribution in [0.15, 0.2) is 40.0 Å². The summed E-state index contributed by atoms with van der Waals surface area (Å²) in [5, 5.41) is 6.67. The highest BCUT2D eigenvalue weighted by atomic mass is 32.1. The lowest BCUT2D eigenvalue weighted by Crippen LogP contribution is -2.23. The highest BCUT2D eigenvalue weighted by Gasteiger charge is 2.05. The number of hydrogen-bond donors (Lipinski definition) is 2. The minimum absolute atomic E-state index is 0.239. The van der Waals surface area contributed by atoms with Crippen molar-refractivity contribution in [1.29, 1.82) is 0 Å². The minimum atomic E-state index is -0.275. The third-order valence-electron chi connectivity index (χ3n) is 2.07. The van der Waals surface area contributed by atoms with Crippen molar-refractivity contribution in [3.8, 4) is 0 Å². The molecule has 16 heavy (non-hydrogen) atoms. The van der Waals surface area contributed by atoms with Gasteiger partial charge >= 0.3 is 0 Å². The van der Waals surface area contributed by atoms with Crippen molar-refractivity contribution in [1.82, 2.24) is 10.3 Å². The van der Waals surface area contributed by atoms with Crippen LogP contribution in [0.4, 0.5) is 0 Å². The zero-order valence-corrected chi connectivity index (χ0v) is 9.21. The van der Waals surface area contributed by atoms with Crippen molar-refractivity contribution < 1.29 is 4.79 Å². The molecule has 0 saturated heterocycles. The molecule has 0 aliphatic heterocycles. The first-order valence-corrected chi connectivity index (χ1v) is 5.68. The molecule has 0 aliphatic carbocycles. The molecule has 0 radical (unpaired) electrons. The zero-order valence-electron chi connectivity index (χ0n) is 8.40. The number of carbonyl (C=O) groups excluding carboxylic acids is 1. The number of nitrogens with one attached hydrogen (secondary N) is 2. The molecule has 0 bridgehead atoms. The van der Waals surface area contributed by atoms with Crippen molar-refractivity contribution >= 4 is 17.2 Å². The molecule has 4 nitrogen and oxygen atoms in total. The van der Waals surface area contributed by atoms with E-state index in [1.165, 1.54) is 12.3 Å². The van der Waals surface area contributed by atoms with Crippen LogP contribution in [0.2, 0.25) is 0 Å². The Labute approximate surface area is 96.0 Å². The Morgan fingerprint density at radius 3 is 3.00 bits per heavy atom. The first-order chi connectivity index (χ1) is 7.75. The SMILES string of the molecule is O=C(NCc1ccsc1)c1cc[nH]c(=O)c1. The highest BCUT2D eigenvalue weighted by molar-refractivity contribution is 7.07. The van der Waals surface area contributed by atoms with Gasteiger partial charge in [0.25, 0.3) is 5.91 Å². The van der Waals surface area contributed by atoms with Gasteiger partial charge in [-0.15, -0.1) is 0 Å². The third kappa shape index (κ3) is 2.58. The number of amides is 1. The van der Waals surface area contributed by atoms with Crippen LogP contribution in [-0.2, 0) is 6.54 Å². The van der Waals surface area contributed by atoms with Crippen LogP contribution in [0.3, 0.4) is 0 Å². The van der Waals surface area contributed by atoms with Gasteiger partial charge in [-0.2, -0.15) is 11.3 Å². The van der Waals surface area contributed by atoms with Crippen molar-refractivity contribution in [3.05, 3.63) is 56.6 Å². The molecule has 2 heterocycles. The molecular weight excluding hydrogens is 224 g/mol. The van der Waals surface area contributed by atoms with Crippen LogP contribution in [0.1, 0.15) is 15.9 Å². The fourth-order valence-corrected chi connectivity index (χ4v) is 1.93. The number of rotatable bonds is 3. The lowest BCUT2D eigenvalue weighted by Gasteiger charge is -2.02. The van der Waals surface area contributed by atoms with E-state index in [1.54, 1.807) is 17.4 Å². The topological polar surface area (TPSA) is 62.0 Å². The van der Waals surface area contributed by atoms with E-state index in [4.69, 9.17) is 0 Å². The number of aromatic nitrogens is 1. The van der Waals surface area contributed by atoms with E-state index < -0.39 is 0 Å². The van der Waals surface area contributed by atoms with Crippen LogP contribution in [0.5, 0.6) is 0 Å². The number of carbonyl (C=O) groups is 1. The van der Waals surface area contributed by atoms with E-state index in [0.29, 0.717) is 12.1 Å². The Kier molecular flexibility index (Phi) is 3.16. The molecule has 0 spiro atoms. The molecule has 2 rings (SSSR count). The molecule has 0 aromatic carbocycles. The minimum Gasteiger partial charge on any atom is -0.348 e. The van der Waals surface area contributed by atoms with Gasteiger partial charge in [0.2, 0.25) is 5.56 Å². The van der Waals surface area contributed by atoms with Gasteiger partial charge in [0.05, 0.1) is 0 Å². The molecule has 5 heteroatoms. The average Bonchev–Trinajstić information content (AvgIpc) is 2.78. The summed E-state index contributed by atoms with van der Waals surface area (Å²) in [4.78, 5) is 25.1. The highest BCUT2D eigenvalue weighted by Crippen LogP contribution is 2.05. The molecule has 0 aliphatic rings. The summed E-state index contributed by atoms with van der Waals surface area (Å²) in [7, 11) is 0. The number of pyridine rings is 1. The van der Waals surface area contributed by atoms with Crippen LogP contribution >= 0.6 is 11.3 Å². The largest absolute Gasteiger partial charge is 0.348 e. The summed E-state index contributed by atoms with van der Waals surface area (Å²) in [5.74, 6) is -0.239. The quantitative estimate of drug-likeness (QED) is 0.842. The molecule has 0 fully saturated rings. The predicted octanol–water partition coefficient (Wildman–Crippen LogP) is 1.37. The third-order valence-corrected chi connectivity index (χ3v) is 2.80. The van der Waals surface area contributed by atoms with Gasteiger partial charge < -0.3 is 10.3 Å². The van der Waals surface area contributed by atoms with Gasteiger partial charge in [0.15, 0.2) is 0 Å². The molecular formula is C11H10N2O2S. The lowest BCUT2D eigenvalue weighted by atomic mass is 10.2. The normalized spacial score (nSPS) is 10.0. The average molecular weight is 234 g/mol. The van der Waals surface area contributed by atoms with E-state index in [2.05, 4.69) is 10.3 Å². The van der Waals surface area contributed by atoms with E-state index >= 15 is 0 Å². The molecule has 2 N–H and O–H groups in total. The van der Waals surface area contributed by atoms with Gasteiger partial charge in [-0.3, -0.25) is 9.59 Å². The van der Waals surface area contributed by atoms with Gasteiger partial charge in [0, 0.05) is 24.4 Å². The fourth-order valence-electron chi connectivity index (χ4n) is 1.26. The fraction of sp³-hybridized carbons (Fsp3) is 0.0909. The van der Waals surface area contributed by atoms with Crippen LogP contribution in [0.25, 0.3) is 0 Å². The number of aromatic amines is 1. The van der Waals surface area contributed by atoms with Crippen molar-refractivity contribution in [3.63, 3.8) is 0 Å². The number of H-pyrrole nitrogens is 1. The van der Waals surface area contributed by atoms with Crippen molar-refractivity contribution in [2.75, 3.05) is 0 Å². The van der Waals surface area contributed by atoms with Crippen molar-refractivity contribution in [2.24, 2.45) is 0 Å². The van der Waals surface area contributed by atoms with Gasteiger partial charge in [0.1, 0.15) is 0 Å². The Balaban J connectivity index is 2.01. The number of thiophene rings is 1. The first-order valence-electron chi connectivity index (χ1n) is 4.74. The molecule has 0 atom stereocenters. The summed E-state index contributed by atoms with van der Waals surface area (Å²) < 4.78 is 0. The van der Waals surface area contributed by atoms with E-state index in [9.17, 15) is 9.59 Å². The summed E-state index contributed by atoms with van der Waals surface area (Å²) >= 11 is 1.58. The second-order valence-corrected chi connectivity index (χ2v) is 4.04. The van der Waals surface area contributed by atoms with Gasteiger partial charge in [-0.1, -0.05) is 0 Å². The standard InChI is InChI=1S/C11H10N2O2S/c14-10-5-9(1-3-12-10)11(15)13-6-8-2-4-16-7-8/h1-5,7H,6H2,(H,12,14)(H,13,15). The predicted molar refractivity (Wildman–Crippen MR) is 62.6 cm³/mol. The summed E-state index contributed by atoms with van der Waals surface area (Å²) in [6.45, 7) is 0.481. The van der Waals surface area contributed by atoms with E-state index in [-0.39, 0.29) is 11.5 Å². The van der Waals surface area contributed by atoms with Gasteiger partial charge in [-0.05, 0) is 28.5 Å². The van der Waals surface area contributed by atoms with Gasteiger partial charge in [-0.25, -0.2) is 0 Å². The van der Waals surface area contributed by atoms with Crippen LogP contribution in [0, 0.1) is 0 Å². The molecule has 0 unspecified atom stereocenters. The Morgan fingerprint density at radius 2 is 2.31 bits per heavy atom. The van der Waals surface area contributed by atoms with Crippen molar-refractivity contribution in [2.45, 2.75) is 6.54 Å². The molecule has 2 aromatic heterocycles. The van der Waals surface area contributed by atoms with E-state index in [0.717, 1.165) is 5.56 Å². The number of hydrogen-bond acceptors (Lipinski definition) is 3. The molecule has 0 saturated carbocycles. The summed E-state index contributed by atoms with van der Waals surface area (Å²) in [6.07, 6.45) is 1.46. The summed E-state index contributed by atoms with van der Waals surface area (Å²) in [5.41, 5.74) is 1.16. The van der Waals surface area contributed by atoms with Crippen LogP contribution in [-0.4, -0.2) is 10.9 Å². The Bertz CT molecular complexity index is 531. The second-order valence-electron chi connectivity index (χ2n) is 3.26. The lowest BCUT2D eigenvalue weighted by molar-refractivity contribution is 0.0950. The van der Waals surface area contributed by atoms with Crippen LogP contribution < -0.4 is 10.9 Å². The zero-order chi connectivity index (χ0) is 11.4. The Hall–Kier alpha value is -1.88. The summed E-state index contributed by atoms with van der Waals surface area (Å²) in [6, 6.07) is 4.80. The molecule has 2 aromatic rings.